The van der Waals surface area contributed by atoms with Gasteiger partial charge in [0, 0.05) is 12.6 Å². The van der Waals surface area contributed by atoms with Crippen LogP contribution in [0.4, 0.5) is 11.5 Å². The van der Waals surface area contributed by atoms with Gasteiger partial charge in [-0.15, -0.1) is 5.10 Å². The lowest BCUT2D eigenvalue weighted by molar-refractivity contribution is 0.867. The number of para-hydroxylation sites is 1. The predicted octanol–water partition coefficient (Wildman–Crippen LogP) is 0.470. The van der Waals surface area contributed by atoms with Gasteiger partial charge < -0.3 is 10.6 Å². The standard InChI is InChI=1S/C13H13N7O/c1-19(9-5-3-2-4-8(9)12(14)15)11-7-6-10-16-17-13(21)20(10)18-11/h2-7H,1H3,(H3,14,15)(H,17,21). The number of amidine groups is 1. The zero-order valence-electron chi connectivity index (χ0n) is 11.2. The van der Waals surface area contributed by atoms with Crippen molar-refractivity contribution >= 4 is 23.0 Å². The highest BCUT2D eigenvalue weighted by Gasteiger charge is 2.13. The summed E-state index contributed by atoms with van der Waals surface area (Å²) < 4.78 is 1.18. The van der Waals surface area contributed by atoms with Crippen molar-refractivity contribution in [2.75, 3.05) is 11.9 Å². The van der Waals surface area contributed by atoms with Crippen LogP contribution in [-0.2, 0) is 0 Å². The fourth-order valence-corrected chi connectivity index (χ4v) is 2.09. The van der Waals surface area contributed by atoms with Crippen molar-refractivity contribution in [1.82, 2.24) is 19.8 Å². The molecule has 0 bridgehead atoms. The molecule has 0 aliphatic carbocycles. The first-order chi connectivity index (χ1) is 10.1. The molecule has 8 heteroatoms. The number of nitrogens with one attached hydrogen (secondary N) is 2. The van der Waals surface area contributed by atoms with Crippen LogP contribution < -0.4 is 16.3 Å². The Morgan fingerprint density at radius 2 is 2.10 bits per heavy atom. The van der Waals surface area contributed by atoms with Crippen molar-refractivity contribution in [2.24, 2.45) is 5.73 Å². The molecule has 0 atom stereocenters. The van der Waals surface area contributed by atoms with Crippen molar-refractivity contribution in [3.05, 3.63) is 52.4 Å². The van der Waals surface area contributed by atoms with Crippen molar-refractivity contribution in [2.45, 2.75) is 0 Å². The number of nitrogens with zero attached hydrogens (tertiary/aromatic N) is 4. The van der Waals surface area contributed by atoms with E-state index in [4.69, 9.17) is 11.1 Å². The first-order valence-electron chi connectivity index (χ1n) is 6.19. The van der Waals surface area contributed by atoms with Crippen LogP contribution in [0.1, 0.15) is 5.56 Å². The summed E-state index contributed by atoms with van der Waals surface area (Å²) in [4.78, 5) is 13.3. The lowest BCUT2D eigenvalue weighted by atomic mass is 10.1. The molecule has 0 unspecified atom stereocenters. The molecular weight excluding hydrogens is 270 g/mol. The predicted molar refractivity (Wildman–Crippen MR) is 79.1 cm³/mol. The van der Waals surface area contributed by atoms with Gasteiger partial charge in [0.05, 0.1) is 5.69 Å². The van der Waals surface area contributed by atoms with Crippen molar-refractivity contribution in [3.63, 3.8) is 0 Å². The molecule has 0 spiro atoms. The molecular formula is C13H13N7O. The Kier molecular flexibility index (Phi) is 2.90. The molecule has 0 saturated heterocycles. The van der Waals surface area contributed by atoms with Gasteiger partial charge in [-0.2, -0.15) is 9.61 Å². The SMILES string of the molecule is CN(c1ccc2n[nH]c(=O)n2n1)c1ccccc1C(=N)N. The smallest absolute Gasteiger partial charge is 0.364 e. The summed E-state index contributed by atoms with van der Waals surface area (Å²) in [6.45, 7) is 0. The second-order valence-electron chi connectivity index (χ2n) is 4.48. The third kappa shape index (κ3) is 2.12. The second-order valence-corrected chi connectivity index (χ2v) is 4.48. The van der Waals surface area contributed by atoms with E-state index in [0.717, 1.165) is 5.69 Å². The van der Waals surface area contributed by atoms with Crippen LogP contribution in [0, 0.1) is 5.41 Å². The molecule has 0 aliphatic rings. The number of hydrogen-bond acceptors (Lipinski definition) is 5. The van der Waals surface area contributed by atoms with Gasteiger partial charge in [0.25, 0.3) is 0 Å². The maximum Gasteiger partial charge on any atom is 0.364 e. The highest BCUT2D eigenvalue weighted by Crippen LogP contribution is 2.24. The summed E-state index contributed by atoms with van der Waals surface area (Å²) in [5.74, 6) is 0.513. The van der Waals surface area contributed by atoms with E-state index < -0.39 is 5.69 Å². The molecule has 2 heterocycles. The number of aromatic nitrogens is 4. The second kappa shape index (κ2) is 4.75. The van der Waals surface area contributed by atoms with Crippen molar-refractivity contribution in [1.29, 1.82) is 5.41 Å². The number of anilines is 2. The first kappa shape index (κ1) is 12.9. The molecule has 2 aromatic heterocycles. The number of H-pyrrole nitrogens is 1. The minimum atomic E-state index is -0.403. The van der Waals surface area contributed by atoms with Gasteiger partial charge in [0.15, 0.2) is 11.5 Å². The van der Waals surface area contributed by atoms with Crippen molar-refractivity contribution < 1.29 is 0 Å². The van der Waals surface area contributed by atoms with Crippen LogP contribution in [-0.4, -0.2) is 32.7 Å². The average molecular weight is 283 g/mol. The monoisotopic (exact) mass is 283 g/mol. The van der Waals surface area contributed by atoms with Crippen LogP contribution in [0.25, 0.3) is 5.65 Å². The quantitative estimate of drug-likeness (QED) is 0.477. The Morgan fingerprint density at radius 3 is 2.86 bits per heavy atom. The highest BCUT2D eigenvalue weighted by molar-refractivity contribution is 6.01. The molecule has 4 N–H and O–H groups in total. The molecule has 3 aromatic rings. The number of hydrogen-bond donors (Lipinski definition) is 3. The van der Waals surface area contributed by atoms with Crippen LogP contribution in [0.3, 0.4) is 0 Å². The molecule has 0 aliphatic heterocycles. The highest BCUT2D eigenvalue weighted by atomic mass is 16.2. The number of benzene rings is 1. The van der Waals surface area contributed by atoms with E-state index in [1.165, 1.54) is 4.52 Å². The first-order valence-corrected chi connectivity index (χ1v) is 6.19. The maximum atomic E-state index is 11.6. The van der Waals surface area contributed by atoms with E-state index in [0.29, 0.717) is 17.0 Å². The van der Waals surface area contributed by atoms with Gasteiger partial charge in [-0.1, -0.05) is 12.1 Å². The van der Waals surface area contributed by atoms with E-state index in [1.54, 1.807) is 30.1 Å². The van der Waals surface area contributed by atoms with Crippen LogP contribution in [0.5, 0.6) is 0 Å². The summed E-state index contributed by atoms with van der Waals surface area (Å²) in [5.41, 5.74) is 6.96. The maximum absolute atomic E-state index is 11.6. The molecule has 0 radical (unpaired) electrons. The minimum absolute atomic E-state index is 0.0287. The Bertz CT molecular complexity index is 879. The van der Waals surface area contributed by atoms with Gasteiger partial charge in [0.1, 0.15) is 5.84 Å². The number of fused-ring (bicyclic) bond motifs is 1. The summed E-state index contributed by atoms with van der Waals surface area (Å²) in [5, 5.41) is 18.0. The largest absolute Gasteiger partial charge is 0.384 e. The van der Waals surface area contributed by atoms with Gasteiger partial charge in [-0.25, -0.2) is 9.89 Å². The molecule has 3 rings (SSSR count). The van der Waals surface area contributed by atoms with Crippen LogP contribution in [0.2, 0.25) is 0 Å². The minimum Gasteiger partial charge on any atom is -0.384 e. The third-order valence-electron chi connectivity index (χ3n) is 3.16. The topological polar surface area (TPSA) is 116 Å². The summed E-state index contributed by atoms with van der Waals surface area (Å²) in [6.07, 6.45) is 0. The third-order valence-corrected chi connectivity index (χ3v) is 3.16. The molecule has 8 nitrogen and oxygen atoms in total. The normalized spacial score (nSPS) is 10.7. The van der Waals surface area contributed by atoms with E-state index in [-0.39, 0.29) is 5.84 Å². The lowest BCUT2D eigenvalue weighted by Gasteiger charge is -2.20. The number of aromatic amines is 1. The fraction of sp³-hybridized carbons (Fsp3) is 0.0769. The molecule has 0 fully saturated rings. The van der Waals surface area contributed by atoms with Gasteiger partial charge in [0.2, 0.25) is 0 Å². The zero-order valence-corrected chi connectivity index (χ0v) is 11.2. The summed E-state index contributed by atoms with van der Waals surface area (Å²) in [7, 11) is 1.79. The van der Waals surface area contributed by atoms with Crippen LogP contribution in [0.15, 0.2) is 41.2 Å². The van der Waals surface area contributed by atoms with E-state index in [9.17, 15) is 4.79 Å². The van der Waals surface area contributed by atoms with E-state index >= 15 is 0 Å². The van der Waals surface area contributed by atoms with Gasteiger partial charge in [-0.05, 0) is 24.3 Å². The van der Waals surface area contributed by atoms with Gasteiger partial charge in [-0.3, -0.25) is 5.41 Å². The fourth-order valence-electron chi connectivity index (χ4n) is 2.09. The Labute approximate surface area is 119 Å². The molecule has 0 saturated carbocycles. The molecule has 0 amide bonds. The van der Waals surface area contributed by atoms with Gasteiger partial charge >= 0.3 is 5.69 Å². The lowest BCUT2D eigenvalue weighted by Crippen LogP contribution is -2.21. The molecule has 1 aromatic carbocycles. The van der Waals surface area contributed by atoms with E-state index in [1.807, 2.05) is 18.2 Å². The summed E-state index contributed by atoms with van der Waals surface area (Å²) in [6, 6.07) is 10.7. The zero-order chi connectivity index (χ0) is 15.0. The Hall–Kier alpha value is -3.16. The molecule has 106 valence electrons. The Balaban J connectivity index is 2.12. The number of nitrogen functional groups attached to an aromatic ring is 1. The number of rotatable bonds is 3. The van der Waals surface area contributed by atoms with Crippen molar-refractivity contribution in [3.8, 4) is 0 Å². The molecule has 21 heavy (non-hydrogen) atoms. The van der Waals surface area contributed by atoms with E-state index in [2.05, 4.69) is 15.3 Å². The van der Waals surface area contributed by atoms with Crippen LogP contribution >= 0.6 is 0 Å². The average Bonchev–Trinajstić information content (AvgIpc) is 2.87. The Morgan fingerprint density at radius 1 is 1.33 bits per heavy atom. The summed E-state index contributed by atoms with van der Waals surface area (Å²) >= 11 is 0. The number of nitrogens with two attached hydrogens (primary N) is 1.